The second-order valence-electron chi connectivity index (χ2n) is 5.92. The Bertz CT molecular complexity index is 674. The van der Waals surface area contributed by atoms with Gasteiger partial charge in [0, 0.05) is 12.6 Å². The van der Waals surface area contributed by atoms with Crippen LogP contribution >= 0.6 is 0 Å². The zero-order chi connectivity index (χ0) is 14.3. The molecule has 2 aromatic rings. The monoisotopic (exact) mass is 270 g/mol. The Morgan fingerprint density at radius 3 is 2.90 bits per heavy atom. The number of hydrogen-bond donors (Lipinski definition) is 0. The van der Waals surface area contributed by atoms with Crippen molar-refractivity contribution in [3.63, 3.8) is 0 Å². The summed E-state index contributed by atoms with van der Waals surface area (Å²) >= 11 is 0. The predicted molar refractivity (Wildman–Crippen MR) is 75.6 cm³/mol. The van der Waals surface area contributed by atoms with Gasteiger partial charge in [0.2, 0.25) is 0 Å². The van der Waals surface area contributed by atoms with E-state index in [0.29, 0.717) is 17.9 Å². The van der Waals surface area contributed by atoms with E-state index in [1.807, 2.05) is 25.1 Å². The molecule has 0 aliphatic heterocycles. The molecule has 4 heteroatoms. The highest BCUT2D eigenvalue weighted by atomic mass is 16.2. The molecule has 1 aliphatic rings. The minimum absolute atomic E-state index is 0.0735. The first-order valence-electron chi connectivity index (χ1n) is 7.07. The smallest absolute Gasteiger partial charge is 0.177 e. The number of fused-ring (bicyclic) bond motifs is 1. The first kappa shape index (κ1) is 13.0. The van der Waals surface area contributed by atoms with Gasteiger partial charge in [0.25, 0.3) is 0 Å². The van der Waals surface area contributed by atoms with Gasteiger partial charge in [-0.1, -0.05) is 19.9 Å². The molecule has 0 bridgehead atoms. The van der Waals surface area contributed by atoms with Crippen molar-refractivity contribution in [3.8, 4) is 0 Å². The minimum Gasteiger partial charge on any atom is -0.299 e. The van der Waals surface area contributed by atoms with Gasteiger partial charge in [-0.15, -0.1) is 0 Å². The van der Waals surface area contributed by atoms with Crippen LogP contribution in [0.3, 0.4) is 0 Å². The Kier molecular flexibility index (Phi) is 3.16. The fourth-order valence-corrected chi connectivity index (χ4v) is 3.34. The second kappa shape index (κ2) is 4.85. The van der Waals surface area contributed by atoms with E-state index in [-0.39, 0.29) is 17.5 Å². The highest BCUT2D eigenvalue weighted by Gasteiger charge is 2.38. The van der Waals surface area contributed by atoms with E-state index in [2.05, 4.69) is 12.0 Å². The number of Topliss-reactive ketones (excluding diaryl/α,β-unsaturated/α-hetero) is 2. The average molecular weight is 270 g/mol. The lowest BCUT2D eigenvalue weighted by molar-refractivity contribution is -0.125. The van der Waals surface area contributed by atoms with Crippen LogP contribution in [0, 0.1) is 17.8 Å². The third-order valence-corrected chi connectivity index (χ3v) is 4.21. The van der Waals surface area contributed by atoms with Gasteiger partial charge >= 0.3 is 0 Å². The molecule has 2 heterocycles. The van der Waals surface area contributed by atoms with Crippen molar-refractivity contribution in [1.29, 1.82) is 0 Å². The minimum atomic E-state index is -0.501. The van der Waals surface area contributed by atoms with Gasteiger partial charge in [-0.3, -0.25) is 9.59 Å². The standard InChI is InChI=1S/C16H18N2O2/c1-10-7-11(2)15(14(19)8-10)16(20)12-9-17-18-6-4-3-5-13(12)18/h3-6,9-11,15H,7-8H2,1-2H3. The molecule has 104 valence electrons. The number of aromatic nitrogens is 2. The first-order chi connectivity index (χ1) is 9.58. The summed E-state index contributed by atoms with van der Waals surface area (Å²) in [5.41, 5.74) is 1.33. The van der Waals surface area contributed by atoms with Gasteiger partial charge in [0.1, 0.15) is 5.78 Å². The summed E-state index contributed by atoms with van der Waals surface area (Å²) in [6, 6.07) is 5.60. The maximum atomic E-state index is 12.7. The summed E-state index contributed by atoms with van der Waals surface area (Å²) < 4.78 is 1.67. The first-order valence-corrected chi connectivity index (χ1v) is 7.07. The van der Waals surface area contributed by atoms with Crippen molar-refractivity contribution >= 4 is 17.1 Å². The number of carbonyl (C=O) groups excluding carboxylic acids is 2. The SMILES string of the molecule is CC1CC(=O)C(C(=O)c2cnn3ccccc23)C(C)C1. The predicted octanol–water partition coefficient (Wildman–Crippen LogP) is 2.77. The molecule has 1 fully saturated rings. The molecule has 3 rings (SSSR count). The van der Waals surface area contributed by atoms with Crippen LogP contribution in [0.1, 0.15) is 37.0 Å². The summed E-state index contributed by atoms with van der Waals surface area (Å²) in [4.78, 5) is 25.0. The molecule has 0 spiro atoms. The van der Waals surface area contributed by atoms with Crippen LogP contribution in [-0.4, -0.2) is 21.2 Å². The normalized spacial score (nSPS) is 26.9. The number of ketones is 2. The molecule has 1 aliphatic carbocycles. The van der Waals surface area contributed by atoms with Crippen molar-refractivity contribution in [2.75, 3.05) is 0 Å². The van der Waals surface area contributed by atoms with Crippen molar-refractivity contribution in [2.24, 2.45) is 17.8 Å². The van der Waals surface area contributed by atoms with E-state index in [4.69, 9.17) is 0 Å². The summed E-state index contributed by atoms with van der Waals surface area (Å²) in [6.45, 7) is 4.08. The molecule has 0 N–H and O–H groups in total. The van der Waals surface area contributed by atoms with E-state index in [0.717, 1.165) is 11.9 Å². The summed E-state index contributed by atoms with van der Waals surface area (Å²) in [5, 5.41) is 4.18. The molecule has 20 heavy (non-hydrogen) atoms. The van der Waals surface area contributed by atoms with E-state index in [1.54, 1.807) is 16.9 Å². The second-order valence-corrected chi connectivity index (χ2v) is 5.92. The van der Waals surface area contributed by atoms with Crippen molar-refractivity contribution in [2.45, 2.75) is 26.7 Å². The molecular formula is C16H18N2O2. The quantitative estimate of drug-likeness (QED) is 0.623. The number of carbonyl (C=O) groups is 2. The largest absolute Gasteiger partial charge is 0.299 e. The highest BCUT2D eigenvalue weighted by molar-refractivity contribution is 6.14. The van der Waals surface area contributed by atoms with Crippen LogP contribution in [0.25, 0.3) is 5.52 Å². The number of hydrogen-bond acceptors (Lipinski definition) is 3. The zero-order valence-corrected chi connectivity index (χ0v) is 11.7. The van der Waals surface area contributed by atoms with Gasteiger partial charge in [0.05, 0.1) is 23.2 Å². The van der Waals surface area contributed by atoms with Crippen molar-refractivity contribution < 1.29 is 9.59 Å². The Morgan fingerprint density at radius 2 is 2.15 bits per heavy atom. The van der Waals surface area contributed by atoms with Gasteiger partial charge in [-0.2, -0.15) is 5.10 Å². The lowest BCUT2D eigenvalue weighted by Crippen LogP contribution is -2.36. The van der Waals surface area contributed by atoms with Gasteiger partial charge < -0.3 is 0 Å². The lowest BCUT2D eigenvalue weighted by Gasteiger charge is -2.30. The average Bonchev–Trinajstić information content (AvgIpc) is 2.81. The maximum Gasteiger partial charge on any atom is 0.177 e. The fraction of sp³-hybridized carbons (Fsp3) is 0.438. The molecule has 2 aromatic heterocycles. The van der Waals surface area contributed by atoms with Crippen LogP contribution in [0.2, 0.25) is 0 Å². The van der Waals surface area contributed by atoms with E-state index in [9.17, 15) is 9.59 Å². The zero-order valence-electron chi connectivity index (χ0n) is 11.7. The van der Waals surface area contributed by atoms with Crippen molar-refractivity contribution in [1.82, 2.24) is 9.61 Å². The topological polar surface area (TPSA) is 51.4 Å². The third kappa shape index (κ3) is 2.05. The number of pyridine rings is 1. The molecule has 3 atom stereocenters. The Balaban J connectivity index is 1.98. The van der Waals surface area contributed by atoms with Gasteiger partial charge in [0.15, 0.2) is 5.78 Å². The van der Waals surface area contributed by atoms with Gasteiger partial charge in [-0.25, -0.2) is 4.52 Å². The van der Waals surface area contributed by atoms with Crippen LogP contribution in [0.4, 0.5) is 0 Å². The molecule has 4 nitrogen and oxygen atoms in total. The molecule has 0 amide bonds. The Labute approximate surface area is 117 Å². The fourth-order valence-electron chi connectivity index (χ4n) is 3.34. The molecule has 0 radical (unpaired) electrons. The number of nitrogens with zero attached hydrogens (tertiary/aromatic N) is 2. The summed E-state index contributed by atoms with van der Waals surface area (Å²) in [6.07, 6.45) is 4.83. The third-order valence-electron chi connectivity index (χ3n) is 4.21. The van der Waals surface area contributed by atoms with Crippen LogP contribution in [0.15, 0.2) is 30.6 Å². The molecule has 3 unspecified atom stereocenters. The Hall–Kier alpha value is -1.97. The van der Waals surface area contributed by atoms with Crippen LogP contribution in [0.5, 0.6) is 0 Å². The van der Waals surface area contributed by atoms with Crippen molar-refractivity contribution in [3.05, 3.63) is 36.2 Å². The number of rotatable bonds is 2. The molecule has 1 saturated carbocycles. The van der Waals surface area contributed by atoms with Gasteiger partial charge in [-0.05, 0) is 30.4 Å². The molecule has 0 aromatic carbocycles. The molecular weight excluding hydrogens is 252 g/mol. The molecule has 0 saturated heterocycles. The van der Waals surface area contributed by atoms with E-state index < -0.39 is 5.92 Å². The maximum absolute atomic E-state index is 12.7. The lowest BCUT2D eigenvalue weighted by atomic mass is 9.72. The van der Waals surface area contributed by atoms with E-state index >= 15 is 0 Å². The highest BCUT2D eigenvalue weighted by Crippen LogP contribution is 2.33. The Morgan fingerprint density at radius 1 is 1.35 bits per heavy atom. The summed E-state index contributed by atoms with van der Waals surface area (Å²) in [5.74, 6) is -0.00518. The summed E-state index contributed by atoms with van der Waals surface area (Å²) in [7, 11) is 0. The van der Waals surface area contributed by atoms with Crippen LogP contribution < -0.4 is 0 Å². The van der Waals surface area contributed by atoms with E-state index in [1.165, 1.54) is 0 Å². The van der Waals surface area contributed by atoms with Crippen LogP contribution in [-0.2, 0) is 4.79 Å².